The van der Waals surface area contributed by atoms with Gasteiger partial charge in [-0.05, 0) is 61.1 Å². The first kappa shape index (κ1) is 23.7. The minimum Gasteiger partial charge on any atom is -0.495 e. The van der Waals surface area contributed by atoms with E-state index in [1.807, 2.05) is 13.0 Å². The Balaban J connectivity index is 2.31. The van der Waals surface area contributed by atoms with Crippen LogP contribution in [0, 0.1) is 6.92 Å². The van der Waals surface area contributed by atoms with Crippen molar-refractivity contribution in [1.82, 2.24) is 5.32 Å². The lowest BCUT2D eigenvalue weighted by Crippen LogP contribution is -2.47. The lowest BCUT2D eigenvalue weighted by atomic mass is 10.0. The molecule has 0 aliphatic rings. The van der Waals surface area contributed by atoms with Gasteiger partial charge in [-0.3, -0.25) is 9.10 Å². The van der Waals surface area contributed by atoms with Crippen LogP contribution < -0.4 is 14.4 Å². The molecule has 30 heavy (non-hydrogen) atoms. The summed E-state index contributed by atoms with van der Waals surface area (Å²) in [5.74, 6) is 0.0301. The predicted octanol–water partition coefficient (Wildman–Crippen LogP) is 3.60. The number of carbonyl (C=O) groups is 1. The summed E-state index contributed by atoms with van der Waals surface area (Å²) in [7, 11) is -2.25. The topological polar surface area (TPSA) is 75.7 Å². The monoisotopic (exact) mass is 432 g/mol. The molecule has 0 saturated carbocycles. The van der Waals surface area contributed by atoms with Crippen LogP contribution in [0.5, 0.6) is 5.75 Å². The zero-order valence-electron chi connectivity index (χ0n) is 18.7. The van der Waals surface area contributed by atoms with E-state index in [1.54, 1.807) is 19.1 Å². The quantitative estimate of drug-likeness (QED) is 0.657. The van der Waals surface area contributed by atoms with Gasteiger partial charge in [-0.15, -0.1) is 0 Å². The molecule has 0 fully saturated rings. The van der Waals surface area contributed by atoms with Gasteiger partial charge in [0.15, 0.2) is 0 Å². The van der Waals surface area contributed by atoms with E-state index < -0.39 is 16.1 Å². The van der Waals surface area contributed by atoms with Gasteiger partial charge < -0.3 is 10.1 Å². The van der Waals surface area contributed by atoms with Gasteiger partial charge in [0.2, 0.25) is 15.9 Å². The van der Waals surface area contributed by atoms with E-state index >= 15 is 0 Å². The minimum atomic E-state index is -3.73. The third kappa shape index (κ3) is 5.53. The van der Waals surface area contributed by atoms with Crippen molar-refractivity contribution in [3.63, 3.8) is 0 Å². The molecule has 1 amide bonds. The van der Waals surface area contributed by atoms with Gasteiger partial charge >= 0.3 is 0 Å². The van der Waals surface area contributed by atoms with Gasteiger partial charge in [-0.25, -0.2) is 8.42 Å². The predicted molar refractivity (Wildman–Crippen MR) is 122 cm³/mol. The van der Waals surface area contributed by atoms with Gasteiger partial charge in [0, 0.05) is 6.54 Å². The number of hydrogen-bond donors (Lipinski definition) is 1. The molecule has 1 N–H and O–H groups in total. The van der Waals surface area contributed by atoms with E-state index in [1.165, 1.54) is 18.2 Å². The Morgan fingerprint density at radius 1 is 1.10 bits per heavy atom. The van der Waals surface area contributed by atoms with Crippen molar-refractivity contribution in [3.05, 3.63) is 58.7 Å². The van der Waals surface area contributed by atoms with Gasteiger partial charge in [0.05, 0.1) is 19.1 Å². The third-order valence-electron chi connectivity index (χ3n) is 5.17. The lowest BCUT2D eigenvalue weighted by Gasteiger charge is -2.29. The fourth-order valence-electron chi connectivity index (χ4n) is 3.49. The Bertz CT molecular complexity index is 1000. The zero-order chi connectivity index (χ0) is 22.5. The first-order chi connectivity index (χ1) is 14.1. The van der Waals surface area contributed by atoms with Crippen LogP contribution in [0.4, 0.5) is 5.69 Å². The van der Waals surface area contributed by atoms with E-state index in [9.17, 15) is 13.2 Å². The second-order valence-corrected chi connectivity index (χ2v) is 9.30. The molecule has 0 bridgehead atoms. The summed E-state index contributed by atoms with van der Waals surface area (Å²) in [5.41, 5.74) is 4.64. The van der Waals surface area contributed by atoms with E-state index in [-0.39, 0.29) is 5.91 Å². The van der Waals surface area contributed by atoms with Crippen molar-refractivity contribution in [3.8, 4) is 5.75 Å². The number of carbonyl (C=O) groups excluding carboxylic acids is 1. The normalized spacial score (nSPS) is 12.3. The molecule has 164 valence electrons. The maximum Gasteiger partial charge on any atom is 0.243 e. The molecule has 2 rings (SSSR count). The SMILES string of the molecule is CCc1ccc(CC)c(CNC(=O)C(C)N(c2cc(C)ccc2OC)S(C)(=O)=O)c1. The van der Waals surface area contributed by atoms with Crippen molar-refractivity contribution in [2.75, 3.05) is 17.7 Å². The van der Waals surface area contributed by atoms with Gasteiger partial charge in [0.1, 0.15) is 11.8 Å². The highest BCUT2D eigenvalue weighted by atomic mass is 32.2. The number of methoxy groups -OCH3 is 1. The van der Waals surface area contributed by atoms with Crippen molar-refractivity contribution >= 4 is 21.6 Å². The smallest absolute Gasteiger partial charge is 0.243 e. The summed E-state index contributed by atoms with van der Waals surface area (Å²) in [5, 5.41) is 2.91. The molecule has 1 atom stereocenters. The summed E-state index contributed by atoms with van der Waals surface area (Å²) < 4.78 is 31.7. The number of sulfonamides is 1. The largest absolute Gasteiger partial charge is 0.495 e. The van der Waals surface area contributed by atoms with Crippen LogP contribution in [0.25, 0.3) is 0 Å². The van der Waals surface area contributed by atoms with E-state index in [4.69, 9.17) is 4.74 Å². The van der Waals surface area contributed by atoms with Gasteiger partial charge in [-0.2, -0.15) is 0 Å². The molecule has 2 aromatic rings. The number of nitrogens with one attached hydrogen (secondary N) is 1. The molecule has 0 radical (unpaired) electrons. The molecule has 0 spiro atoms. The van der Waals surface area contributed by atoms with Crippen LogP contribution >= 0.6 is 0 Å². The standard InChI is InChI=1S/C23H32N2O4S/c1-7-18-10-11-19(8-2)20(14-18)15-24-23(26)17(4)25(30(6,27)28)21-13-16(3)9-12-22(21)29-5/h9-14,17H,7-8,15H2,1-6H3,(H,24,26). The average molecular weight is 433 g/mol. The molecule has 0 aromatic heterocycles. The summed E-state index contributed by atoms with van der Waals surface area (Å²) in [6.07, 6.45) is 2.87. The Morgan fingerprint density at radius 3 is 2.37 bits per heavy atom. The second-order valence-electron chi connectivity index (χ2n) is 7.44. The Morgan fingerprint density at radius 2 is 1.80 bits per heavy atom. The van der Waals surface area contributed by atoms with Crippen LogP contribution in [0.2, 0.25) is 0 Å². The molecule has 0 saturated heterocycles. The fourth-order valence-corrected chi connectivity index (χ4v) is 4.66. The van der Waals surface area contributed by atoms with Crippen LogP contribution in [0.1, 0.15) is 43.0 Å². The maximum absolute atomic E-state index is 13.0. The van der Waals surface area contributed by atoms with Crippen LogP contribution in [-0.4, -0.2) is 33.7 Å². The Hall–Kier alpha value is -2.54. The van der Waals surface area contributed by atoms with E-state index in [2.05, 4.69) is 37.4 Å². The molecule has 2 aromatic carbocycles. The van der Waals surface area contributed by atoms with Crippen molar-refractivity contribution in [2.45, 2.75) is 53.1 Å². The van der Waals surface area contributed by atoms with Gasteiger partial charge in [0.25, 0.3) is 0 Å². The Kier molecular flexibility index (Phi) is 7.89. The van der Waals surface area contributed by atoms with Crippen molar-refractivity contribution in [1.29, 1.82) is 0 Å². The lowest BCUT2D eigenvalue weighted by molar-refractivity contribution is -0.122. The molecular weight excluding hydrogens is 400 g/mol. The molecular formula is C23H32N2O4S. The highest BCUT2D eigenvalue weighted by Gasteiger charge is 2.31. The van der Waals surface area contributed by atoms with Crippen molar-refractivity contribution in [2.24, 2.45) is 0 Å². The maximum atomic E-state index is 13.0. The second kappa shape index (κ2) is 9.98. The Labute approximate surface area is 180 Å². The summed E-state index contributed by atoms with van der Waals surface area (Å²) >= 11 is 0. The molecule has 6 nitrogen and oxygen atoms in total. The molecule has 7 heteroatoms. The molecule has 0 aliphatic heterocycles. The summed E-state index contributed by atoms with van der Waals surface area (Å²) in [4.78, 5) is 13.0. The number of amides is 1. The number of nitrogens with zero attached hydrogens (tertiary/aromatic N) is 1. The number of ether oxygens (including phenoxy) is 1. The fraction of sp³-hybridized carbons (Fsp3) is 0.435. The number of rotatable bonds is 9. The number of hydrogen-bond acceptors (Lipinski definition) is 4. The summed E-state index contributed by atoms with van der Waals surface area (Å²) in [6, 6.07) is 10.6. The van der Waals surface area contributed by atoms with Crippen LogP contribution in [-0.2, 0) is 34.2 Å². The first-order valence-corrected chi connectivity index (χ1v) is 12.0. The van der Waals surface area contributed by atoms with E-state index in [0.29, 0.717) is 18.0 Å². The number of anilines is 1. The molecule has 0 aliphatic carbocycles. The number of aryl methyl sites for hydroxylation is 3. The van der Waals surface area contributed by atoms with Gasteiger partial charge in [-0.1, -0.05) is 38.1 Å². The highest BCUT2D eigenvalue weighted by Crippen LogP contribution is 2.32. The van der Waals surface area contributed by atoms with Crippen molar-refractivity contribution < 1.29 is 17.9 Å². The minimum absolute atomic E-state index is 0.350. The zero-order valence-corrected chi connectivity index (χ0v) is 19.5. The highest BCUT2D eigenvalue weighted by molar-refractivity contribution is 7.92. The van der Waals surface area contributed by atoms with Crippen LogP contribution in [0.15, 0.2) is 36.4 Å². The summed E-state index contributed by atoms with van der Waals surface area (Å²) in [6.45, 7) is 7.96. The molecule has 0 heterocycles. The third-order valence-corrected chi connectivity index (χ3v) is 6.40. The van der Waals surface area contributed by atoms with E-state index in [0.717, 1.165) is 34.5 Å². The molecule has 1 unspecified atom stereocenters. The van der Waals surface area contributed by atoms with Crippen LogP contribution in [0.3, 0.4) is 0 Å². The number of benzene rings is 2. The first-order valence-electron chi connectivity index (χ1n) is 10.1. The average Bonchev–Trinajstić information content (AvgIpc) is 2.70.